The number of ether oxygens (including phenoxy) is 1. The average molecular weight is 285 g/mol. The summed E-state index contributed by atoms with van der Waals surface area (Å²) < 4.78 is 5.15. The van der Waals surface area contributed by atoms with Crippen LogP contribution in [0.15, 0.2) is 18.2 Å². The molecular formula is C14H21ClN2O2. The van der Waals surface area contributed by atoms with Gasteiger partial charge in [-0.05, 0) is 44.9 Å². The number of benzene rings is 1. The Bertz CT molecular complexity index is 435. The molecule has 1 atom stereocenters. The van der Waals surface area contributed by atoms with E-state index in [1.807, 2.05) is 39.8 Å². The van der Waals surface area contributed by atoms with Crippen LogP contribution in [0.1, 0.15) is 37.9 Å². The van der Waals surface area contributed by atoms with Gasteiger partial charge in [-0.25, -0.2) is 4.79 Å². The molecule has 1 rings (SSSR count). The Kier molecular flexibility index (Phi) is 5.20. The van der Waals surface area contributed by atoms with Crippen molar-refractivity contribution in [3.05, 3.63) is 34.3 Å². The van der Waals surface area contributed by atoms with Gasteiger partial charge in [0.25, 0.3) is 0 Å². The molecular weight excluding hydrogens is 264 g/mol. The number of carbonyl (C=O) groups excluding carboxylic acids is 1. The van der Waals surface area contributed by atoms with E-state index in [1.54, 1.807) is 6.07 Å². The number of hydrogen-bond donors (Lipinski definition) is 2. The number of alkyl carbamates (subject to hydrolysis) is 1. The molecule has 106 valence electrons. The predicted octanol–water partition coefficient (Wildman–Crippen LogP) is 3.17. The third-order valence-corrected chi connectivity index (χ3v) is 2.84. The molecule has 19 heavy (non-hydrogen) atoms. The average Bonchev–Trinajstić information content (AvgIpc) is 2.23. The molecule has 5 heteroatoms. The Balaban J connectivity index is 2.61. The van der Waals surface area contributed by atoms with E-state index in [0.717, 1.165) is 11.1 Å². The van der Waals surface area contributed by atoms with Crippen molar-refractivity contribution in [2.45, 2.75) is 39.3 Å². The topological polar surface area (TPSA) is 64.3 Å². The van der Waals surface area contributed by atoms with Crippen molar-refractivity contribution in [1.29, 1.82) is 0 Å². The molecule has 1 amide bonds. The summed E-state index contributed by atoms with van der Waals surface area (Å²) in [6, 6.07) is 5.24. The van der Waals surface area contributed by atoms with Crippen molar-refractivity contribution >= 4 is 17.7 Å². The van der Waals surface area contributed by atoms with Crippen molar-refractivity contribution < 1.29 is 9.53 Å². The summed E-state index contributed by atoms with van der Waals surface area (Å²) >= 11 is 6.12. The quantitative estimate of drug-likeness (QED) is 0.896. The first-order valence-corrected chi connectivity index (χ1v) is 6.56. The van der Waals surface area contributed by atoms with Gasteiger partial charge in [-0.2, -0.15) is 0 Å². The second-order valence-electron chi connectivity index (χ2n) is 5.46. The maximum Gasteiger partial charge on any atom is 0.407 e. The zero-order valence-electron chi connectivity index (χ0n) is 11.8. The fourth-order valence-electron chi connectivity index (χ4n) is 1.72. The van der Waals surface area contributed by atoms with Crippen LogP contribution in [-0.4, -0.2) is 18.2 Å². The molecule has 0 aliphatic carbocycles. The number of halogens is 1. The van der Waals surface area contributed by atoms with Gasteiger partial charge < -0.3 is 15.8 Å². The monoisotopic (exact) mass is 284 g/mol. The fourth-order valence-corrected chi connectivity index (χ4v) is 2.09. The van der Waals surface area contributed by atoms with Crippen LogP contribution < -0.4 is 11.1 Å². The largest absolute Gasteiger partial charge is 0.444 e. The van der Waals surface area contributed by atoms with Gasteiger partial charge in [-0.1, -0.05) is 23.7 Å². The van der Waals surface area contributed by atoms with E-state index in [0.29, 0.717) is 5.02 Å². The summed E-state index contributed by atoms with van der Waals surface area (Å²) in [5, 5.41) is 3.26. The van der Waals surface area contributed by atoms with Gasteiger partial charge >= 0.3 is 6.09 Å². The van der Waals surface area contributed by atoms with Crippen LogP contribution in [0.25, 0.3) is 0 Å². The van der Waals surface area contributed by atoms with Gasteiger partial charge in [0.2, 0.25) is 0 Å². The molecule has 0 heterocycles. The predicted molar refractivity (Wildman–Crippen MR) is 77.4 cm³/mol. The Morgan fingerprint density at radius 1 is 1.47 bits per heavy atom. The van der Waals surface area contributed by atoms with E-state index in [2.05, 4.69) is 5.32 Å². The zero-order chi connectivity index (χ0) is 14.6. The highest BCUT2D eigenvalue weighted by Crippen LogP contribution is 2.24. The molecule has 1 unspecified atom stereocenters. The van der Waals surface area contributed by atoms with Crippen LogP contribution >= 0.6 is 11.6 Å². The third kappa shape index (κ3) is 5.09. The van der Waals surface area contributed by atoms with Crippen LogP contribution in [-0.2, 0) is 4.74 Å². The minimum Gasteiger partial charge on any atom is -0.444 e. The summed E-state index contributed by atoms with van der Waals surface area (Å²) in [5.41, 5.74) is 7.39. The van der Waals surface area contributed by atoms with Crippen LogP contribution in [0.3, 0.4) is 0 Å². The molecule has 0 bridgehead atoms. The zero-order valence-corrected chi connectivity index (χ0v) is 12.5. The van der Waals surface area contributed by atoms with Crippen LogP contribution in [0, 0.1) is 6.92 Å². The summed E-state index contributed by atoms with van der Waals surface area (Å²) in [6.07, 6.45) is -0.479. The molecule has 0 aliphatic heterocycles. The van der Waals surface area contributed by atoms with Crippen molar-refractivity contribution in [2.24, 2.45) is 5.73 Å². The van der Waals surface area contributed by atoms with Crippen molar-refractivity contribution in [3.63, 3.8) is 0 Å². The number of carbonyl (C=O) groups is 1. The van der Waals surface area contributed by atoms with E-state index in [1.165, 1.54) is 0 Å². The van der Waals surface area contributed by atoms with Gasteiger partial charge in [-0.3, -0.25) is 0 Å². The minimum absolute atomic E-state index is 0.277. The van der Waals surface area contributed by atoms with E-state index in [9.17, 15) is 4.79 Å². The van der Waals surface area contributed by atoms with Gasteiger partial charge in [-0.15, -0.1) is 0 Å². The molecule has 0 saturated carbocycles. The highest BCUT2D eigenvalue weighted by Gasteiger charge is 2.18. The number of amides is 1. The maximum absolute atomic E-state index is 11.5. The number of nitrogens with one attached hydrogen (secondary N) is 1. The van der Waals surface area contributed by atoms with E-state index in [-0.39, 0.29) is 12.6 Å². The molecule has 3 N–H and O–H groups in total. The lowest BCUT2D eigenvalue weighted by Crippen LogP contribution is -2.36. The first kappa shape index (κ1) is 15.8. The molecule has 1 aromatic rings. The Morgan fingerprint density at radius 2 is 2.11 bits per heavy atom. The summed E-state index contributed by atoms with van der Waals surface area (Å²) in [4.78, 5) is 11.5. The van der Waals surface area contributed by atoms with Gasteiger partial charge in [0.15, 0.2) is 0 Å². The molecule has 0 radical (unpaired) electrons. The number of aryl methyl sites for hydroxylation is 1. The fraction of sp³-hybridized carbons (Fsp3) is 0.500. The molecule has 0 saturated heterocycles. The van der Waals surface area contributed by atoms with Crippen LogP contribution in [0.5, 0.6) is 0 Å². The molecule has 4 nitrogen and oxygen atoms in total. The van der Waals surface area contributed by atoms with Crippen molar-refractivity contribution in [1.82, 2.24) is 5.32 Å². The third-order valence-electron chi connectivity index (χ3n) is 2.51. The number of hydrogen-bond acceptors (Lipinski definition) is 3. The van der Waals surface area contributed by atoms with Crippen LogP contribution in [0.4, 0.5) is 4.79 Å². The summed E-state index contributed by atoms with van der Waals surface area (Å²) in [7, 11) is 0. The smallest absolute Gasteiger partial charge is 0.407 e. The highest BCUT2D eigenvalue weighted by atomic mass is 35.5. The lowest BCUT2D eigenvalue weighted by molar-refractivity contribution is 0.0524. The van der Waals surface area contributed by atoms with Gasteiger partial charge in [0.1, 0.15) is 5.60 Å². The second kappa shape index (κ2) is 6.26. The lowest BCUT2D eigenvalue weighted by Gasteiger charge is -2.21. The highest BCUT2D eigenvalue weighted by molar-refractivity contribution is 6.31. The summed E-state index contributed by atoms with van der Waals surface area (Å²) in [6.45, 7) is 7.65. The van der Waals surface area contributed by atoms with E-state index >= 15 is 0 Å². The lowest BCUT2D eigenvalue weighted by atomic mass is 10.0. The summed E-state index contributed by atoms with van der Waals surface area (Å²) in [5.74, 6) is 0. The van der Waals surface area contributed by atoms with Gasteiger partial charge in [0, 0.05) is 17.6 Å². The first-order chi connectivity index (χ1) is 8.70. The first-order valence-electron chi connectivity index (χ1n) is 6.18. The molecule has 0 aliphatic rings. The second-order valence-corrected chi connectivity index (χ2v) is 5.87. The molecule has 0 aromatic heterocycles. The maximum atomic E-state index is 11.5. The SMILES string of the molecule is Cc1cccc(Cl)c1C(N)CNC(=O)OC(C)(C)C. The van der Waals surface area contributed by atoms with E-state index in [4.69, 9.17) is 22.1 Å². The Hall–Kier alpha value is -1.26. The normalized spacial score (nSPS) is 12.9. The number of rotatable bonds is 3. The molecule has 0 fully saturated rings. The molecule has 0 spiro atoms. The number of nitrogens with two attached hydrogens (primary N) is 1. The van der Waals surface area contributed by atoms with Crippen molar-refractivity contribution in [2.75, 3.05) is 6.54 Å². The Labute approximate surface area is 119 Å². The van der Waals surface area contributed by atoms with E-state index < -0.39 is 11.7 Å². The minimum atomic E-state index is -0.519. The van der Waals surface area contributed by atoms with Crippen molar-refractivity contribution in [3.8, 4) is 0 Å². The van der Waals surface area contributed by atoms with Gasteiger partial charge in [0.05, 0.1) is 0 Å². The standard InChI is InChI=1S/C14H21ClN2O2/c1-9-6-5-7-10(15)12(9)11(16)8-17-13(18)19-14(2,3)4/h5-7,11H,8,16H2,1-4H3,(H,17,18). The van der Waals surface area contributed by atoms with Crippen LogP contribution in [0.2, 0.25) is 5.02 Å². The molecule has 1 aromatic carbocycles. The Morgan fingerprint density at radius 3 is 2.63 bits per heavy atom.